The van der Waals surface area contributed by atoms with Gasteiger partial charge >= 0.3 is 6.09 Å². The van der Waals surface area contributed by atoms with E-state index in [2.05, 4.69) is 15.3 Å². The number of piperidine rings is 1. The largest absolute Gasteiger partial charge is 0.497 e. The van der Waals surface area contributed by atoms with E-state index in [4.69, 9.17) is 36.5 Å². The molecule has 12 nitrogen and oxygen atoms in total. The van der Waals surface area contributed by atoms with Crippen molar-refractivity contribution in [2.75, 3.05) is 33.0 Å². The topological polar surface area (TPSA) is 147 Å². The molecule has 3 N–H and O–H groups in total. The lowest BCUT2D eigenvalue weighted by atomic mass is 9.97. The molecule has 0 aliphatic carbocycles. The molecule has 0 saturated carbocycles. The highest BCUT2D eigenvalue weighted by atomic mass is 35.5. The third kappa shape index (κ3) is 7.45. The van der Waals surface area contributed by atoms with Crippen LogP contribution in [0.2, 0.25) is 5.02 Å². The maximum absolute atomic E-state index is 13.1. The molecule has 2 amide bonds. The third-order valence-electron chi connectivity index (χ3n) is 6.50. The van der Waals surface area contributed by atoms with Gasteiger partial charge in [0.1, 0.15) is 23.1 Å². The molecule has 1 unspecified atom stereocenters. The molecule has 0 radical (unpaired) electrons. The number of rotatable bonds is 8. The maximum Gasteiger partial charge on any atom is 0.408 e. The number of nitrogens with two attached hydrogens (primary N) is 1. The highest BCUT2D eigenvalue weighted by Gasteiger charge is 2.30. The molecular formula is C27H36ClN7O5S. The minimum atomic E-state index is -0.705. The highest BCUT2D eigenvalue weighted by Crippen LogP contribution is 2.42. The van der Waals surface area contributed by atoms with Gasteiger partial charge in [-0.3, -0.25) is 4.79 Å². The minimum Gasteiger partial charge on any atom is -0.497 e. The van der Waals surface area contributed by atoms with Gasteiger partial charge in [-0.25, -0.2) is 19.7 Å². The number of carbonyl (C=O) groups is 2. The van der Waals surface area contributed by atoms with E-state index in [-0.39, 0.29) is 17.6 Å². The second kappa shape index (κ2) is 12.6. The van der Waals surface area contributed by atoms with Crippen LogP contribution in [-0.4, -0.2) is 75.4 Å². The van der Waals surface area contributed by atoms with Crippen molar-refractivity contribution in [1.82, 2.24) is 29.7 Å². The van der Waals surface area contributed by atoms with Gasteiger partial charge in [-0.1, -0.05) is 11.6 Å². The van der Waals surface area contributed by atoms with Crippen molar-refractivity contribution >= 4 is 41.2 Å². The standard InChI is InChI=1S/C27H36ClN7O5S/c1-15(31-26(37)40-27(2,3)4)24(36)34-9-7-8-16(12-34)13-35-14-30-22(29)21-23(35)33-25(32-21)41-19-11-17(38-5)10-18(39-6)20(19)28/h10-11,14-16H,7-9,12-13,29H2,1-6H3,(H,31,37)/t15-,16?/m0/s1. The molecular weight excluding hydrogens is 570 g/mol. The molecule has 3 aliphatic heterocycles. The summed E-state index contributed by atoms with van der Waals surface area (Å²) < 4.78 is 17.9. The summed E-state index contributed by atoms with van der Waals surface area (Å²) in [5.41, 5.74) is 6.00. The SMILES string of the molecule is COc1cc(OC)c(Cl)c(Sc2nc3c(N)ncn(CC4CCCN(C(=O)[C@H](C)NC(=O)OC(C)(C)C)C4)c-3n2)c1. The van der Waals surface area contributed by atoms with Crippen LogP contribution in [0.15, 0.2) is 28.5 Å². The lowest BCUT2D eigenvalue weighted by Crippen LogP contribution is -2.51. The summed E-state index contributed by atoms with van der Waals surface area (Å²) in [5.74, 6) is 1.93. The van der Waals surface area contributed by atoms with Crippen molar-refractivity contribution in [3.05, 3.63) is 23.5 Å². The number of carbonyl (C=O) groups excluding carboxylic acids is 2. The third-order valence-corrected chi connectivity index (χ3v) is 7.91. The number of aromatic nitrogens is 4. The molecule has 4 rings (SSSR count). The van der Waals surface area contributed by atoms with E-state index in [0.717, 1.165) is 12.8 Å². The molecule has 1 aromatic rings. The predicted octanol–water partition coefficient (Wildman–Crippen LogP) is 4.33. The molecule has 0 bridgehead atoms. The maximum atomic E-state index is 13.1. The molecule has 14 heteroatoms. The summed E-state index contributed by atoms with van der Waals surface area (Å²) in [6, 6.07) is 2.79. The van der Waals surface area contributed by atoms with Gasteiger partial charge in [0.05, 0.1) is 25.6 Å². The first-order valence-electron chi connectivity index (χ1n) is 13.2. The van der Waals surface area contributed by atoms with E-state index in [1.54, 1.807) is 58.2 Å². The number of alkyl carbamates (subject to hydrolysis) is 1. The van der Waals surface area contributed by atoms with Crippen LogP contribution in [0.5, 0.6) is 11.5 Å². The average molecular weight is 606 g/mol. The van der Waals surface area contributed by atoms with Crippen LogP contribution in [0, 0.1) is 5.92 Å². The molecule has 0 aromatic heterocycles. The Labute approximate surface area is 248 Å². The minimum absolute atomic E-state index is 0.143. The normalized spacial score (nSPS) is 16.4. The molecule has 41 heavy (non-hydrogen) atoms. The van der Waals surface area contributed by atoms with Gasteiger partial charge in [0.25, 0.3) is 0 Å². The van der Waals surface area contributed by atoms with Crippen molar-refractivity contribution in [1.29, 1.82) is 0 Å². The molecule has 3 heterocycles. The lowest BCUT2D eigenvalue weighted by Gasteiger charge is -2.35. The van der Waals surface area contributed by atoms with Crippen molar-refractivity contribution in [3.8, 4) is 23.0 Å². The summed E-state index contributed by atoms with van der Waals surface area (Å²) in [6.45, 7) is 8.72. The second-order valence-corrected chi connectivity index (χ2v) is 12.3. The molecule has 2 atom stereocenters. The van der Waals surface area contributed by atoms with Gasteiger partial charge in [0.15, 0.2) is 22.5 Å². The summed E-state index contributed by atoms with van der Waals surface area (Å²) in [4.78, 5) is 41.4. The Bertz CT molecular complexity index is 1380. The number of imidazole rings is 1. The van der Waals surface area contributed by atoms with Gasteiger partial charge in [-0.05, 0) is 64.3 Å². The van der Waals surface area contributed by atoms with E-state index in [0.29, 0.717) is 57.7 Å². The second-order valence-electron chi connectivity index (χ2n) is 10.9. The Balaban J connectivity index is 1.48. The summed E-state index contributed by atoms with van der Waals surface area (Å²) >= 11 is 7.80. The number of nitrogen functional groups attached to an aromatic ring is 1. The smallest absolute Gasteiger partial charge is 0.408 e. The van der Waals surface area contributed by atoms with E-state index >= 15 is 0 Å². The monoisotopic (exact) mass is 605 g/mol. The number of hydrogen-bond donors (Lipinski definition) is 2. The number of halogens is 1. The van der Waals surface area contributed by atoms with Crippen LogP contribution in [0.25, 0.3) is 11.5 Å². The zero-order chi connectivity index (χ0) is 29.9. The van der Waals surface area contributed by atoms with Gasteiger partial charge < -0.3 is 34.7 Å². The van der Waals surface area contributed by atoms with Gasteiger partial charge in [-0.2, -0.15) is 0 Å². The summed E-state index contributed by atoms with van der Waals surface area (Å²) in [6.07, 6.45) is 2.79. The fraction of sp³-hybridized carbons (Fsp3) is 0.519. The average Bonchev–Trinajstić information content (AvgIpc) is 3.35. The zero-order valence-corrected chi connectivity index (χ0v) is 25.6. The van der Waals surface area contributed by atoms with Crippen LogP contribution in [0.1, 0.15) is 40.5 Å². The lowest BCUT2D eigenvalue weighted by molar-refractivity contribution is -0.135. The Morgan fingerprint density at radius 2 is 2.00 bits per heavy atom. The fourth-order valence-electron chi connectivity index (χ4n) is 4.61. The van der Waals surface area contributed by atoms with Crippen molar-refractivity contribution in [3.63, 3.8) is 0 Å². The summed E-state index contributed by atoms with van der Waals surface area (Å²) in [5, 5.41) is 3.52. The number of ether oxygens (including phenoxy) is 3. The number of amides is 2. The number of nitrogens with zero attached hydrogens (tertiary/aromatic N) is 5. The zero-order valence-electron chi connectivity index (χ0n) is 24.1. The Morgan fingerprint density at radius 1 is 1.24 bits per heavy atom. The molecule has 1 saturated heterocycles. The number of benzene rings is 1. The number of fused-ring (bicyclic) bond motifs is 1. The molecule has 0 spiro atoms. The Hall–Kier alpha value is -3.45. The van der Waals surface area contributed by atoms with Gasteiger partial charge in [0.2, 0.25) is 5.91 Å². The van der Waals surface area contributed by atoms with Crippen LogP contribution >= 0.6 is 23.4 Å². The number of anilines is 1. The number of likely N-dealkylation sites (tertiary alicyclic amines) is 1. The van der Waals surface area contributed by atoms with Crippen molar-refractivity contribution in [2.24, 2.45) is 5.92 Å². The predicted molar refractivity (Wildman–Crippen MR) is 156 cm³/mol. The van der Waals surface area contributed by atoms with E-state index in [9.17, 15) is 9.59 Å². The van der Waals surface area contributed by atoms with Crippen LogP contribution in [0.3, 0.4) is 0 Å². The first-order chi connectivity index (χ1) is 19.4. The summed E-state index contributed by atoms with van der Waals surface area (Å²) in [7, 11) is 3.10. The van der Waals surface area contributed by atoms with Gasteiger partial charge in [-0.15, -0.1) is 0 Å². The van der Waals surface area contributed by atoms with Crippen LogP contribution in [-0.2, 0) is 16.1 Å². The number of methoxy groups -OCH3 is 2. The fourth-order valence-corrected chi connectivity index (χ4v) is 5.75. The van der Waals surface area contributed by atoms with E-state index < -0.39 is 17.7 Å². The Kier molecular flexibility index (Phi) is 9.37. The van der Waals surface area contributed by atoms with E-state index in [1.165, 1.54) is 18.9 Å². The first-order valence-corrected chi connectivity index (χ1v) is 14.4. The highest BCUT2D eigenvalue weighted by molar-refractivity contribution is 7.99. The van der Waals surface area contributed by atoms with Crippen LogP contribution < -0.4 is 20.5 Å². The first kappa shape index (κ1) is 30.5. The van der Waals surface area contributed by atoms with E-state index in [1.807, 2.05) is 4.57 Å². The van der Waals surface area contributed by atoms with Crippen molar-refractivity contribution in [2.45, 2.75) is 68.8 Å². The van der Waals surface area contributed by atoms with Crippen molar-refractivity contribution < 1.29 is 23.8 Å². The molecule has 3 aliphatic rings. The van der Waals surface area contributed by atoms with Gasteiger partial charge in [0, 0.05) is 30.6 Å². The molecule has 222 valence electrons. The quantitative estimate of drug-likeness (QED) is 0.380. The molecule has 1 fully saturated rings. The number of hydrogen-bond acceptors (Lipinski definition) is 10. The Morgan fingerprint density at radius 3 is 2.68 bits per heavy atom. The number of nitrogens with one attached hydrogen (secondary N) is 1. The molecule has 1 aromatic carbocycles. The van der Waals surface area contributed by atoms with Crippen LogP contribution in [0.4, 0.5) is 10.6 Å².